The fourth-order valence-electron chi connectivity index (χ4n) is 19.1. The Morgan fingerprint density at radius 3 is 0.913 bits per heavy atom. The number of rotatable bonds is 8. The molecule has 0 saturated carbocycles. The summed E-state index contributed by atoms with van der Waals surface area (Å²) in [6.07, 6.45) is 0. The average Bonchev–Trinajstić information content (AvgIpc) is 1.53. The molecule has 2 aliphatic carbocycles. The fourth-order valence-corrected chi connectivity index (χ4v) is 19.8. The van der Waals surface area contributed by atoms with Crippen LogP contribution in [-0.2, 0) is 20.1 Å². The Kier molecular flexibility index (Phi) is 17.3. The minimum absolute atomic E-state index is 0. The normalized spacial score (nSPS) is 14.4. The molecular formula is C109H79BBrO4-. The number of hydrogen-bond donors (Lipinski definition) is 0. The van der Waals surface area contributed by atoms with Crippen molar-refractivity contribution in [3.63, 3.8) is 0 Å². The van der Waals surface area contributed by atoms with Gasteiger partial charge in [0, 0.05) is 26.0 Å². The summed E-state index contributed by atoms with van der Waals surface area (Å²) in [6, 6.07) is 140. The Balaban J connectivity index is 0.000000120. The molecular weight excluding hydrogens is 1460 g/mol. The lowest BCUT2D eigenvalue weighted by atomic mass is 9.67. The van der Waals surface area contributed by atoms with Crippen molar-refractivity contribution in [3.8, 4) is 55.6 Å². The lowest BCUT2D eigenvalue weighted by Gasteiger charge is -2.33. The molecule has 1 fully saturated rings. The van der Waals surface area contributed by atoms with Gasteiger partial charge in [-0.1, -0.05) is 346 Å². The first-order chi connectivity index (χ1) is 56.0. The van der Waals surface area contributed by atoms with Crippen molar-refractivity contribution in [2.24, 2.45) is 0 Å². The number of halogens is 1. The van der Waals surface area contributed by atoms with E-state index in [1.807, 2.05) is 0 Å². The maximum absolute atomic E-state index is 6.78. The fraction of sp³-hybridized carbons (Fsp3) is 0.0734. The van der Waals surface area contributed by atoms with E-state index in [4.69, 9.17) is 18.1 Å². The van der Waals surface area contributed by atoms with Crippen LogP contribution in [0.3, 0.4) is 0 Å². The molecule has 0 unspecified atom stereocenters. The van der Waals surface area contributed by atoms with E-state index in [9.17, 15) is 0 Å². The number of fused-ring (bicyclic) bond motifs is 16. The third kappa shape index (κ3) is 11.2. The molecule has 3 aliphatic rings. The molecule has 3 heterocycles. The van der Waals surface area contributed by atoms with E-state index < -0.39 is 29.2 Å². The van der Waals surface area contributed by atoms with E-state index in [1.54, 1.807) is 0 Å². The molecule has 6 heteroatoms. The summed E-state index contributed by atoms with van der Waals surface area (Å²) in [6.45, 7) is 8.35. The van der Waals surface area contributed by atoms with Crippen LogP contribution in [-0.4, -0.2) is 18.3 Å². The Morgan fingerprint density at radius 2 is 0.530 bits per heavy atom. The monoisotopic (exact) mass is 1540 g/mol. The highest BCUT2D eigenvalue weighted by Gasteiger charge is 2.52. The molecule has 4 nitrogen and oxygen atoms in total. The molecule has 20 aromatic rings. The van der Waals surface area contributed by atoms with Crippen molar-refractivity contribution >= 4 is 115 Å². The van der Waals surface area contributed by atoms with Crippen molar-refractivity contribution in [1.82, 2.24) is 0 Å². The number of furan rings is 2. The van der Waals surface area contributed by atoms with Crippen molar-refractivity contribution < 1.29 is 18.1 Å². The number of hydrogen-bond acceptors (Lipinski definition) is 4. The van der Waals surface area contributed by atoms with E-state index in [0.29, 0.717) is 0 Å². The van der Waals surface area contributed by atoms with Crippen molar-refractivity contribution in [3.05, 3.63) is 445 Å². The minimum atomic E-state index is -0.467. The summed E-state index contributed by atoms with van der Waals surface area (Å²) in [5, 5.41) is 14.5. The maximum atomic E-state index is 6.78. The van der Waals surface area contributed by atoms with E-state index in [2.05, 4.69) is 432 Å². The van der Waals surface area contributed by atoms with Crippen LogP contribution in [0.25, 0.3) is 143 Å². The Hall–Kier alpha value is -12.9. The topological polar surface area (TPSA) is 44.7 Å². The van der Waals surface area contributed by atoms with Gasteiger partial charge in [0.15, 0.2) is 0 Å². The van der Waals surface area contributed by atoms with Gasteiger partial charge in [-0.05, 0) is 235 Å². The van der Waals surface area contributed by atoms with Crippen LogP contribution in [0.4, 0.5) is 0 Å². The first kappa shape index (κ1) is 71.1. The van der Waals surface area contributed by atoms with Crippen LogP contribution in [0, 0.1) is 7.43 Å². The number of benzene rings is 18. The van der Waals surface area contributed by atoms with Crippen LogP contribution in [0.15, 0.2) is 402 Å². The minimum Gasteiger partial charge on any atom is -0.456 e. The Morgan fingerprint density at radius 1 is 0.235 bits per heavy atom. The molecule has 115 heavy (non-hydrogen) atoms. The van der Waals surface area contributed by atoms with E-state index in [1.165, 1.54) is 148 Å². The van der Waals surface area contributed by atoms with Gasteiger partial charge in [-0.25, -0.2) is 0 Å². The van der Waals surface area contributed by atoms with Gasteiger partial charge < -0.3 is 25.6 Å². The predicted molar refractivity (Wildman–Crippen MR) is 485 cm³/mol. The van der Waals surface area contributed by atoms with Gasteiger partial charge >= 0.3 is 7.12 Å². The van der Waals surface area contributed by atoms with Gasteiger partial charge in [-0.3, -0.25) is 0 Å². The van der Waals surface area contributed by atoms with E-state index in [0.717, 1.165) is 49.3 Å². The second-order valence-corrected chi connectivity index (χ2v) is 32.2. The lowest BCUT2D eigenvalue weighted by Crippen LogP contribution is -2.41. The van der Waals surface area contributed by atoms with Crippen molar-refractivity contribution in [1.29, 1.82) is 0 Å². The summed E-state index contributed by atoms with van der Waals surface area (Å²) in [7, 11) is -0.423. The third-order valence-electron chi connectivity index (χ3n) is 24.9. The molecule has 0 spiro atoms. The summed E-state index contributed by atoms with van der Waals surface area (Å²) in [4.78, 5) is 0. The van der Waals surface area contributed by atoms with Gasteiger partial charge in [-0.15, -0.1) is 0 Å². The second-order valence-electron chi connectivity index (χ2n) is 31.5. The predicted octanol–water partition coefficient (Wildman–Crippen LogP) is 28.7. The average molecular weight is 1540 g/mol. The highest BCUT2D eigenvalue weighted by atomic mass is 79.9. The van der Waals surface area contributed by atoms with Crippen LogP contribution in [0.5, 0.6) is 0 Å². The lowest BCUT2D eigenvalue weighted by molar-refractivity contribution is 0.00578. The molecule has 1 aliphatic heterocycles. The standard InChI is InChI=1S/C51H32O.C37H31BO3.C20H13Br.CH3/c1-4-16-33(17-5-1)49-38-23-10-12-25-40(38)50(41-26-13-11-24-39(41)49)34-28-29-47-43(30-34)44-31-42-37-22-14-15-27-45(37)51(35-18-6-2-7-19-35,36-20-8-3-9-21-36)46(42)32-48(44)52-47;1-35(2)36(3,4)41-38(40-35)26-19-20-33-29(21-26)30-22-28-27-17-11-12-18-31(27)37(24-13-7-5-8-14-24,25-15-9-6-10-16-25)32(28)23-34(30)39-33;21-20-17-12-6-4-10-15(17)19(14-8-2-1-3-9-14)16-11-5-7-13-18(16)20;/h1-32H;5-23H,1-4H3;1-13H;1H3/q;;;-1. The van der Waals surface area contributed by atoms with Gasteiger partial charge in [0.1, 0.15) is 22.3 Å². The molecule has 0 amide bonds. The van der Waals surface area contributed by atoms with Crippen LogP contribution >= 0.6 is 15.9 Å². The zero-order valence-electron chi connectivity index (χ0n) is 64.5. The first-order valence-corrected chi connectivity index (χ1v) is 40.2. The summed E-state index contributed by atoms with van der Waals surface area (Å²) in [5.74, 6) is 0. The molecule has 0 N–H and O–H groups in total. The molecule has 2 aromatic heterocycles. The molecule has 23 rings (SSSR count). The van der Waals surface area contributed by atoms with Crippen molar-refractivity contribution in [2.75, 3.05) is 0 Å². The highest BCUT2D eigenvalue weighted by Crippen LogP contribution is 2.60. The van der Waals surface area contributed by atoms with Crippen molar-refractivity contribution in [2.45, 2.75) is 49.7 Å². The van der Waals surface area contributed by atoms with Crippen LogP contribution < -0.4 is 5.46 Å². The zero-order valence-corrected chi connectivity index (χ0v) is 66.1. The SMILES string of the molecule is Brc1c2ccccc2c(-c2ccccc2)c2ccccc12.CC1(C)OB(c2ccc3oc4cc5c(cc4c3c2)-c2ccccc2C5(c2ccccc2)c2ccccc2)OC1(C)C.[CH3-].c1ccc(-c2c3ccccc3c(-c3ccc4oc5cc6c(cc5c4c3)-c3ccccc3C6(c3ccccc3)c3ccccc3)c3ccccc23)cc1. The van der Waals surface area contributed by atoms with E-state index in [-0.39, 0.29) is 7.43 Å². The van der Waals surface area contributed by atoms with Gasteiger partial charge in [0.05, 0.1) is 22.0 Å². The van der Waals surface area contributed by atoms with E-state index >= 15 is 0 Å². The van der Waals surface area contributed by atoms with Gasteiger partial charge in [-0.2, -0.15) is 0 Å². The summed E-state index contributed by atoms with van der Waals surface area (Å²) >= 11 is 3.79. The molecule has 0 bridgehead atoms. The van der Waals surface area contributed by atoms with Crippen LogP contribution in [0.2, 0.25) is 0 Å². The zero-order chi connectivity index (χ0) is 76.4. The molecule has 1 saturated heterocycles. The second kappa shape index (κ2) is 28.0. The van der Waals surface area contributed by atoms with Gasteiger partial charge in [0.2, 0.25) is 0 Å². The smallest absolute Gasteiger partial charge is 0.456 e. The molecule has 18 aromatic carbocycles. The molecule has 0 atom stereocenters. The first-order valence-electron chi connectivity index (χ1n) is 39.4. The third-order valence-corrected chi connectivity index (χ3v) is 25.7. The largest absolute Gasteiger partial charge is 0.494 e. The summed E-state index contributed by atoms with van der Waals surface area (Å²) < 4.78 is 27.3. The molecule has 550 valence electrons. The summed E-state index contributed by atoms with van der Waals surface area (Å²) in [5.41, 5.74) is 25.5. The Labute approximate surface area is 678 Å². The maximum Gasteiger partial charge on any atom is 0.494 e. The Bertz CT molecular complexity index is 6960. The van der Waals surface area contributed by atoms with Crippen LogP contribution in [0.1, 0.15) is 72.2 Å². The highest BCUT2D eigenvalue weighted by molar-refractivity contribution is 9.10. The molecule has 0 radical (unpaired) electrons. The van der Waals surface area contributed by atoms with Gasteiger partial charge in [0.25, 0.3) is 0 Å². The quantitative estimate of drug-likeness (QED) is 0.0864.